The average Bonchev–Trinajstić information content (AvgIpc) is 3.15. The van der Waals surface area contributed by atoms with Crippen LogP contribution in [0.25, 0.3) is 11.3 Å². The normalized spacial score (nSPS) is 11.9. The molecule has 4 heteroatoms. The smallest absolute Gasteiger partial charge is 0.313 e. The van der Waals surface area contributed by atoms with Gasteiger partial charge in [-0.2, -0.15) is 0 Å². The van der Waals surface area contributed by atoms with Crippen LogP contribution in [0.15, 0.2) is 71.3 Å². The molecule has 0 aliphatic heterocycles. The van der Waals surface area contributed by atoms with Crippen LogP contribution in [0.3, 0.4) is 0 Å². The van der Waals surface area contributed by atoms with Crippen LogP contribution in [0.1, 0.15) is 37.1 Å². The molecule has 3 aromatic rings. The molecule has 0 fully saturated rings. The van der Waals surface area contributed by atoms with Crippen molar-refractivity contribution in [3.8, 4) is 11.3 Å². The second-order valence-electron chi connectivity index (χ2n) is 5.84. The summed E-state index contributed by atoms with van der Waals surface area (Å²) in [7, 11) is 0. The fourth-order valence-corrected chi connectivity index (χ4v) is 2.74. The Hall–Kier alpha value is -2.88. The predicted molar refractivity (Wildman–Crippen MR) is 95.8 cm³/mol. The summed E-state index contributed by atoms with van der Waals surface area (Å²) in [5, 5.41) is 0. The van der Waals surface area contributed by atoms with Crippen LogP contribution in [-0.4, -0.2) is 11.0 Å². The highest BCUT2D eigenvalue weighted by Crippen LogP contribution is 2.24. The first-order valence-electron chi connectivity index (χ1n) is 8.49. The standard InChI is InChI=1S/C21H21NO3/c1-2-9-18(16-10-5-3-6-11-16)21(23)24-15-20-22-14-19(25-20)17-12-7-4-8-13-17/h3-8,10-14,18H,2,9,15H2,1H3. The van der Waals surface area contributed by atoms with E-state index in [1.54, 1.807) is 6.20 Å². The summed E-state index contributed by atoms with van der Waals surface area (Å²) in [5.74, 6) is 0.567. The van der Waals surface area contributed by atoms with Gasteiger partial charge >= 0.3 is 5.97 Å². The van der Waals surface area contributed by atoms with Crippen molar-refractivity contribution in [3.05, 3.63) is 78.3 Å². The zero-order valence-electron chi connectivity index (χ0n) is 14.2. The number of hydrogen-bond acceptors (Lipinski definition) is 4. The third-order valence-electron chi connectivity index (χ3n) is 4.01. The number of nitrogens with zero attached hydrogens (tertiary/aromatic N) is 1. The summed E-state index contributed by atoms with van der Waals surface area (Å²) < 4.78 is 11.1. The van der Waals surface area contributed by atoms with Crippen molar-refractivity contribution < 1.29 is 13.9 Å². The van der Waals surface area contributed by atoms with E-state index in [1.165, 1.54) is 0 Å². The number of carbonyl (C=O) groups is 1. The van der Waals surface area contributed by atoms with Gasteiger partial charge in [-0.3, -0.25) is 4.79 Å². The lowest BCUT2D eigenvalue weighted by molar-refractivity contribution is -0.147. The summed E-state index contributed by atoms with van der Waals surface area (Å²) in [6.45, 7) is 2.10. The zero-order valence-corrected chi connectivity index (χ0v) is 14.2. The Morgan fingerprint density at radius 1 is 1.08 bits per heavy atom. The van der Waals surface area contributed by atoms with Crippen molar-refractivity contribution in [1.82, 2.24) is 4.98 Å². The van der Waals surface area contributed by atoms with Gasteiger partial charge in [-0.15, -0.1) is 0 Å². The lowest BCUT2D eigenvalue weighted by atomic mass is 9.95. The van der Waals surface area contributed by atoms with Crippen molar-refractivity contribution in [2.24, 2.45) is 0 Å². The number of oxazole rings is 1. The van der Waals surface area contributed by atoms with Crippen LogP contribution < -0.4 is 0 Å². The van der Waals surface area contributed by atoms with Crippen LogP contribution in [0.5, 0.6) is 0 Å². The van der Waals surface area contributed by atoms with Crippen LogP contribution >= 0.6 is 0 Å². The van der Waals surface area contributed by atoms with Gasteiger partial charge in [-0.05, 0) is 12.0 Å². The van der Waals surface area contributed by atoms with Crippen molar-refractivity contribution >= 4 is 5.97 Å². The van der Waals surface area contributed by atoms with Crippen molar-refractivity contribution in [3.63, 3.8) is 0 Å². The van der Waals surface area contributed by atoms with E-state index in [1.807, 2.05) is 60.7 Å². The zero-order chi connectivity index (χ0) is 17.5. The number of esters is 1. The minimum atomic E-state index is -0.255. The molecular formula is C21H21NO3. The second-order valence-corrected chi connectivity index (χ2v) is 5.84. The Kier molecular flexibility index (Phi) is 5.62. The predicted octanol–water partition coefficient (Wildman–Crippen LogP) is 4.97. The molecule has 0 saturated carbocycles. The lowest BCUT2D eigenvalue weighted by Gasteiger charge is -2.15. The fourth-order valence-electron chi connectivity index (χ4n) is 2.74. The molecule has 0 aliphatic carbocycles. The van der Waals surface area contributed by atoms with Gasteiger partial charge in [0.1, 0.15) is 0 Å². The highest BCUT2D eigenvalue weighted by Gasteiger charge is 2.21. The van der Waals surface area contributed by atoms with E-state index < -0.39 is 0 Å². The van der Waals surface area contributed by atoms with Crippen molar-refractivity contribution in [2.75, 3.05) is 0 Å². The van der Waals surface area contributed by atoms with E-state index in [9.17, 15) is 4.79 Å². The maximum atomic E-state index is 12.5. The molecule has 0 bridgehead atoms. The molecule has 0 radical (unpaired) electrons. The monoisotopic (exact) mass is 335 g/mol. The molecular weight excluding hydrogens is 314 g/mol. The fraction of sp³-hybridized carbons (Fsp3) is 0.238. The van der Waals surface area contributed by atoms with E-state index in [-0.39, 0.29) is 18.5 Å². The Morgan fingerprint density at radius 2 is 1.76 bits per heavy atom. The van der Waals surface area contributed by atoms with Gasteiger partial charge in [0.2, 0.25) is 5.89 Å². The third-order valence-corrected chi connectivity index (χ3v) is 4.01. The first-order chi connectivity index (χ1) is 12.3. The molecule has 1 atom stereocenters. The van der Waals surface area contributed by atoms with Gasteiger partial charge < -0.3 is 9.15 Å². The number of rotatable bonds is 7. The largest absolute Gasteiger partial charge is 0.455 e. The molecule has 1 aromatic heterocycles. The highest BCUT2D eigenvalue weighted by molar-refractivity contribution is 5.78. The van der Waals surface area contributed by atoms with E-state index in [4.69, 9.17) is 9.15 Å². The van der Waals surface area contributed by atoms with Crippen LogP contribution in [-0.2, 0) is 16.1 Å². The average molecular weight is 335 g/mol. The van der Waals surface area contributed by atoms with Crippen LogP contribution in [0, 0.1) is 0 Å². The van der Waals surface area contributed by atoms with Gasteiger partial charge in [-0.25, -0.2) is 4.98 Å². The maximum Gasteiger partial charge on any atom is 0.313 e. The molecule has 2 aromatic carbocycles. The summed E-state index contributed by atoms with van der Waals surface area (Å²) >= 11 is 0. The molecule has 0 saturated heterocycles. The number of hydrogen-bond donors (Lipinski definition) is 0. The number of ether oxygens (including phenoxy) is 1. The van der Waals surface area contributed by atoms with Crippen LogP contribution in [0.2, 0.25) is 0 Å². The van der Waals surface area contributed by atoms with Crippen molar-refractivity contribution in [1.29, 1.82) is 0 Å². The Bertz CT molecular complexity index is 796. The molecule has 25 heavy (non-hydrogen) atoms. The summed E-state index contributed by atoms with van der Waals surface area (Å²) in [6, 6.07) is 19.4. The van der Waals surface area contributed by atoms with E-state index >= 15 is 0 Å². The van der Waals surface area contributed by atoms with Gasteiger partial charge in [0, 0.05) is 5.56 Å². The van der Waals surface area contributed by atoms with E-state index in [2.05, 4.69) is 11.9 Å². The van der Waals surface area contributed by atoms with Gasteiger partial charge in [0.25, 0.3) is 0 Å². The second kappa shape index (κ2) is 8.29. The van der Waals surface area contributed by atoms with Gasteiger partial charge in [-0.1, -0.05) is 74.0 Å². The molecule has 1 unspecified atom stereocenters. The summed E-state index contributed by atoms with van der Waals surface area (Å²) in [5.41, 5.74) is 1.92. The minimum absolute atomic E-state index is 0.0404. The molecule has 0 spiro atoms. The first-order valence-corrected chi connectivity index (χ1v) is 8.49. The maximum absolute atomic E-state index is 12.5. The summed E-state index contributed by atoms with van der Waals surface area (Å²) in [4.78, 5) is 16.7. The highest BCUT2D eigenvalue weighted by atomic mass is 16.5. The van der Waals surface area contributed by atoms with E-state index in [0.29, 0.717) is 11.7 Å². The van der Waals surface area contributed by atoms with Crippen LogP contribution in [0.4, 0.5) is 0 Å². The number of benzene rings is 2. The van der Waals surface area contributed by atoms with E-state index in [0.717, 1.165) is 24.0 Å². The lowest BCUT2D eigenvalue weighted by Crippen LogP contribution is -2.16. The minimum Gasteiger partial charge on any atom is -0.455 e. The topological polar surface area (TPSA) is 52.3 Å². The number of carbonyl (C=O) groups excluding carboxylic acids is 1. The molecule has 4 nitrogen and oxygen atoms in total. The Morgan fingerprint density at radius 3 is 2.44 bits per heavy atom. The molecule has 0 amide bonds. The van der Waals surface area contributed by atoms with Crippen molar-refractivity contribution in [2.45, 2.75) is 32.3 Å². The quantitative estimate of drug-likeness (QED) is 0.572. The SMILES string of the molecule is CCCC(C(=O)OCc1ncc(-c2ccccc2)o1)c1ccccc1. The summed E-state index contributed by atoms with van der Waals surface area (Å²) in [6.07, 6.45) is 3.31. The van der Waals surface area contributed by atoms with Gasteiger partial charge in [0.05, 0.1) is 12.1 Å². The molecule has 3 rings (SSSR count). The molecule has 128 valence electrons. The molecule has 1 heterocycles. The van der Waals surface area contributed by atoms with Gasteiger partial charge in [0.15, 0.2) is 12.4 Å². The molecule has 0 aliphatic rings. The first kappa shape index (κ1) is 17.0. The Labute approximate surface area is 147 Å². The Balaban J connectivity index is 1.64. The number of aromatic nitrogens is 1. The molecule has 0 N–H and O–H groups in total. The third kappa shape index (κ3) is 4.35.